The average Bonchev–Trinajstić information content (AvgIpc) is 3.24. The van der Waals surface area contributed by atoms with Crippen molar-refractivity contribution >= 4 is 11.8 Å². The van der Waals surface area contributed by atoms with E-state index in [0.29, 0.717) is 19.4 Å². The van der Waals surface area contributed by atoms with Crippen LogP contribution >= 0.6 is 0 Å². The van der Waals surface area contributed by atoms with E-state index in [1.54, 1.807) is 0 Å². The Kier molecular flexibility index (Phi) is 5.97. The molecule has 1 aromatic rings. The standard InChI is InChI=1S/C22H31N3O3/c26-20-16-23-21(27)22(25(20)17-19-9-5-15-28-19)10-13-24(14-11-22)12-4-8-18-6-2-1-3-7-18/h1-3,6-7,19H,4-5,8-17H2,(H,23,27). The van der Waals surface area contributed by atoms with Crippen molar-refractivity contribution in [2.75, 3.05) is 39.3 Å². The molecule has 6 heteroatoms. The van der Waals surface area contributed by atoms with Gasteiger partial charge in [-0.15, -0.1) is 0 Å². The third-order valence-corrected chi connectivity index (χ3v) is 6.52. The molecule has 3 aliphatic rings. The summed E-state index contributed by atoms with van der Waals surface area (Å²) < 4.78 is 5.75. The summed E-state index contributed by atoms with van der Waals surface area (Å²) in [5.74, 6) is 0.0571. The summed E-state index contributed by atoms with van der Waals surface area (Å²) in [6, 6.07) is 10.6. The van der Waals surface area contributed by atoms with Crippen LogP contribution in [0.15, 0.2) is 30.3 Å². The van der Waals surface area contributed by atoms with E-state index >= 15 is 0 Å². The van der Waals surface area contributed by atoms with Gasteiger partial charge in [-0.2, -0.15) is 0 Å². The fourth-order valence-corrected chi connectivity index (χ4v) is 4.84. The molecule has 28 heavy (non-hydrogen) atoms. The molecule has 3 heterocycles. The quantitative estimate of drug-likeness (QED) is 0.808. The molecule has 0 aromatic heterocycles. The van der Waals surface area contributed by atoms with E-state index in [1.807, 2.05) is 11.0 Å². The van der Waals surface area contributed by atoms with Gasteiger partial charge in [0, 0.05) is 26.2 Å². The van der Waals surface area contributed by atoms with Crippen molar-refractivity contribution in [1.29, 1.82) is 0 Å². The minimum Gasteiger partial charge on any atom is -0.376 e. The Balaban J connectivity index is 1.34. The van der Waals surface area contributed by atoms with E-state index in [9.17, 15) is 9.59 Å². The number of piperazine rings is 1. The number of hydrogen-bond acceptors (Lipinski definition) is 4. The number of nitrogens with zero attached hydrogens (tertiary/aromatic N) is 2. The van der Waals surface area contributed by atoms with Gasteiger partial charge in [-0.1, -0.05) is 30.3 Å². The Bertz CT molecular complexity index is 680. The minimum atomic E-state index is -0.683. The monoisotopic (exact) mass is 385 g/mol. The van der Waals surface area contributed by atoms with E-state index in [1.165, 1.54) is 5.56 Å². The first-order valence-corrected chi connectivity index (χ1v) is 10.6. The summed E-state index contributed by atoms with van der Waals surface area (Å²) in [5.41, 5.74) is 0.688. The van der Waals surface area contributed by atoms with Gasteiger partial charge in [0.15, 0.2) is 0 Å². The first-order chi connectivity index (χ1) is 13.7. The van der Waals surface area contributed by atoms with E-state index in [0.717, 1.165) is 51.9 Å². The summed E-state index contributed by atoms with van der Waals surface area (Å²) in [6.45, 7) is 4.19. The van der Waals surface area contributed by atoms with Crippen LogP contribution in [0.2, 0.25) is 0 Å². The fourth-order valence-electron chi connectivity index (χ4n) is 4.84. The zero-order chi connectivity index (χ0) is 19.4. The Morgan fingerprint density at radius 1 is 1.14 bits per heavy atom. The van der Waals surface area contributed by atoms with Crippen molar-refractivity contribution < 1.29 is 14.3 Å². The Morgan fingerprint density at radius 2 is 1.93 bits per heavy atom. The number of carbonyl (C=O) groups is 2. The van der Waals surface area contributed by atoms with Crippen LogP contribution in [-0.4, -0.2) is 72.6 Å². The number of ether oxygens (including phenoxy) is 1. The molecule has 1 unspecified atom stereocenters. The number of rotatable bonds is 6. The van der Waals surface area contributed by atoms with Crippen molar-refractivity contribution in [3.63, 3.8) is 0 Å². The number of hydrogen-bond donors (Lipinski definition) is 1. The second-order valence-electron chi connectivity index (χ2n) is 8.28. The lowest BCUT2D eigenvalue weighted by Gasteiger charge is -2.50. The summed E-state index contributed by atoms with van der Waals surface area (Å²) in [6.07, 6.45) is 5.71. The van der Waals surface area contributed by atoms with Crippen molar-refractivity contribution in [2.45, 2.75) is 50.2 Å². The normalized spacial score (nSPS) is 25.3. The zero-order valence-electron chi connectivity index (χ0n) is 16.6. The van der Waals surface area contributed by atoms with Crippen LogP contribution in [0.3, 0.4) is 0 Å². The lowest BCUT2D eigenvalue weighted by atomic mass is 9.82. The molecule has 1 spiro atoms. The topological polar surface area (TPSA) is 61.9 Å². The first kappa shape index (κ1) is 19.4. The van der Waals surface area contributed by atoms with Gasteiger partial charge in [0.25, 0.3) is 0 Å². The van der Waals surface area contributed by atoms with Gasteiger partial charge in [-0.3, -0.25) is 9.59 Å². The van der Waals surface area contributed by atoms with E-state index in [4.69, 9.17) is 4.74 Å². The molecule has 1 N–H and O–H groups in total. The van der Waals surface area contributed by atoms with Crippen LogP contribution in [0.1, 0.15) is 37.7 Å². The number of aryl methyl sites for hydroxylation is 1. The fraction of sp³-hybridized carbons (Fsp3) is 0.636. The number of likely N-dealkylation sites (tertiary alicyclic amines) is 1. The Morgan fingerprint density at radius 3 is 2.64 bits per heavy atom. The predicted octanol–water partition coefficient (Wildman–Crippen LogP) is 1.59. The highest BCUT2D eigenvalue weighted by Crippen LogP contribution is 2.33. The van der Waals surface area contributed by atoms with Crippen molar-refractivity contribution in [3.8, 4) is 0 Å². The average molecular weight is 386 g/mol. The number of carbonyl (C=O) groups excluding carboxylic acids is 2. The lowest BCUT2D eigenvalue weighted by Crippen LogP contribution is -2.70. The second-order valence-corrected chi connectivity index (χ2v) is 8.28. The maximum atomic E-state index is 12.8. The molecule has 3 aliphatic heterocycles. The molecular weight excluding hydrogens is 354 g/mol. The highest BCUT2D eigenvalue weighted by Gasteiger charge is 2.51. The second kappa shape index (κ2) is 8.62. The van der Waals surface area contributed by atoms with Gasteiger partial charge in [0.1, 0.15) is 5.54 Å². The third kappa shape index (κ3) is 4.08. The van der Waals surface area contributed by atoms with Crippen molar-refractivity contribution in [2.24, 2.45) is 0 Å². The molecule has 1 atom stereocenters. The first-order valence-electron chi connectivity index (χ1n) is 10.6. The largest absolute Gasteiger partial charge is 0.376 e. The van der Waals surface area contributed by atoms with Gasteiger partial charge in [0.05, 0.1) is 12.6 Å². The molecule has 0 saturated carbocycles. The molecule has 2 amide bonds. The third-order valence-electron chi connectivity index (χ3n) is 6.52. The molecular formula is C22H31N3O3. The number of nitrogens with one attached hydrogen (secondary N) is 1. The number of piperidine rings is 1. The highest BCUT2D eigenvalue weighted by atomic mass is 16.5. The smallest absolute Gasteiger partial charge is 0.246 e. The van der Waals surface area contributed by atoms with Crippen LogP contribution < -0.4 is 5.32 Å². The Labute approximate surface area is 167 Å². The molecule has 0 aliphatic carbocycles. The van der Waals surface area contributed by atoms with Gasteiger partial charge in [0.2, 0.25) is 11.8 Å². The lowest BCUT2D eigenvalue weighted by molar-refractivity contribution is -0.159. The Hall–Kier alpha value is -1.92. The summed E-state index contributed by atoms with van der Waals surface area (Å²) in [5, 5.41) is 2.84. The van der Waals surface area contributed by atoms with Crippen molar-refractivity contribution in [1.82, 2.24) is 15.1 Å². The van der Waals surface area contributed by atoms with Crippen LogP contribution in [0, 0.1) is 0 Å². The van der Waals surface area contributed by atoms with Crippen molar-refractivity contribution in [3.05, 3.63) is 35.9 Å². The molecule has 0 bridgehead atoms. The number of amides is 2. The molecule has 4 rings (SSSR count). The molecule has 6 nitrogen and oxygen atoms in total. The molecule has 0 radical (unpaired) electrons. The molecule has 3 fully saturated rings. The highest BCUT2D eigenvalue weighted by molar-refractivity contribution is 5.98. The molecule has 152 valence electrons. The van der Waals surface area contributed by atoms with Crippen LogP contribution in [0.4, 0.5) is 0 Å². The van der Waals surface area contributed by atoms with Gasteiger partial charge < -0.3 is 19.9 Å². The van der Waals surface area contributed by atoms with Gasteiger partial charge >= 0.3 is 0 Å². The van der Waals surface area contributed by atoms with Crippen LogP contribution in [-0.2, 0) is 20.7 Å². The van der Waals surface area contributed by atoms with Gasteiger partial charge in [-0.25, -0.2) is 0 Å². The van der Waals surface area contributed by atoms with Crippen LogP contribution in [0.25, 0.3) is 0 Å². The SMILES string of the molecule is O=C1CNC(=O)C2(CCN(CCCc3ccccc3)CC2)N1CC1CCCO1. The predicted molar refractivity (Wildman–Crippen MR) is 107 cm³/mol. The summed E-state index contributed by atoms with van der Waals surface area (Å²) >= 11 is 0. The van der Waals surface area contributed by atoms with Crippen LogP contribution in [0.5, 0.6) is 0 Å². The van der Waals surface area contributed by atoms with E-state index < -0.39 is 5.54 Å². The number of benzene rings is 1. The molecule has 1 aromatic carbocycles. The maximum absolute atomic E-state index is 12.8. The minimum absolute atomic E-state index is 0.0223. The van der Waals surface area contributed by atoms with E-state index in [-0.39, 0.29) is 24.5 Å². The summed E-state index contributed by atoms with van der Waals surface area (Å²) in [4.78, 5) is 29.8. The maximum Gasteiger partial charge on any atom is 0.246 e. The molecule has 3 saturated heterocycles. The van der Waals surface area contributed by atoms with E-state index in [2.05, 4.69) is 34.5 Å². The zero-order valence-corrected chi connectivity index (χ0v) is 16.6. The van der Waals surface area contributed by atoms with Gasteiger partial charge in [-0.05, 0) is 50.6 Å². The summed E-state index contributed by atoms with van der Waals surface area (Å²) in [7, 11) is 0.